The van der Waals surface area contributed by atoms with Crippen molar-refractivity contribution < 1.29 is 4.79 Å². The van der Waals surface area contributed by atoms with Gasteiger partial charge in [0.1, 0.15) is 0 Å². The van der Waals surface area contributed by atoms with Crippen LogP contribution in [0.5, 0.6) is 0 Å². The van der Waals surface area contributed by atoms with Crippen molar-refractivity contribution in [2.24, 2.45) is 5.73 Å². The number of H-pyrrole nitrogens is 1. The lowest BCUT2D eigenvalue weighted by molar-refractivity contribution is -0.120. The molecule has 5 nitrogen and oxygen atoms in total. The number of nitrogens with one attached hydrogen (secondary N) is 2. The number of primary amides is 1. The van der Waals surface area contributed by atoms with Crippen LogP contribution in [0.3, 0.4) is 0 Å². The number of aromatic nitrogens is 1. The Morgan fingerprint density at radius 2 is 1.80 bits per heavy atom. The Morgan fingerprint density at radius 1 is 1.13 bits per heavy atom. The van der Waals surface area contributed by atoms with E-state index in [1.807, 2.05) is 18.3 Å². The van der Waals surface area contributed by atoms with Gasteiger partial charge in [0, 0.05) is 28.7 Å². The number of nitrogens with zero attached hydrogens (tertiary/aromatic N) is 1. The first-order valence-corrected chi connectivity index (χ1v) is 10.8. The van der Waals surface area contributed by atoms with Crippen LogP contribution >= 0.6 is 0 Å². The van der Waals surface area contributed by atoms with Crippen molar-refractivity contribution in [3.05, 3.63) is 71.9 Å². The van der Waals surface area contributed by atoms with Crippen molar-refractivity contribution in [2.75, 3.05) is 14.1 Å². The minimum atomic E-state index is -0.363. The van der Waals surface area contributed by atoms with Gasteiger partial charge in [-0.25, -0.2) is 0 Å². The van der Waals surface area contributed by atoms with Gasteiger partial charge in [0.25, 0.3) is 0 Å². The maximum Gasteiger partial charge on any atom is 0.234 e. The zero-order valence-electron chi connectivity index (χ0n) is 17.9. The summed E-state index contributed by atoms with van der Waals surface area (Å²) in [5.74, 6) is -0.284. The van der Waals surface area contributed by atoms with Crippen molar-refractivity contribution in [1.29, 1.82) is 0 Å². The van der Waals surface area contributed by atoms with E-state index in [0.717, 1.165) is 42.1 Å². The van der Waals surface area contributed by atoms with Crippen molar-refractivity contribution in [1.82, 2.24) is 15.2 Å². The van der Waals surface area contributed by atoms with E-state index >= 15 is 0 Å². The molecular formula is C25H32N4O. The van der Waals surface area contributed by atoms with Crippen LogP contribution in [-0.4, -0.2) is 42.0 Å². The summed E-state index contributed by atoms with van der Waals surface area (Å²) in [4.78, 5) is 17.9. The molecule has 0 spiro atoms. The molecule has 0 radical (unpaired) electrons. The van der Waals surface area contributed by atoms with Crippen molar-refractivity contribution in [3.63, 3.8) is 0 Å². The van der Waals surface area contributed by atoms with Gasteiger partial charge >= 0.3 is 0 Å². The quantitative estimate of drug-likeness (QED) is 0.564. The summed E-state index contributed by atoms with van der Waals surface area (Å²) < 4.78 is 0. The number of hydrogen-bond donors (Lipinski definition) is 3. The van der Waals surface area contributed by atoms with Crippen LogP contribution in [0.4, 0.5) is 0 Å². The van der Waals surface area contributed by atoms with E-state index in [1.165, 1.54) is 5.56 Å². The van der Waals surface area contributed by atoms with Gasteiger partial charge in [0.2, 0.25) is 5.91 Å². The molecule has 4 N–H and O–H groups in total. The Labute approximate surface area is 178 Å². The SMILES string of the molecule is CN(C)C1(c2ccccc2)CCC(N[C@@H](Cc2c[nH]c3ccccc23)C(N)=O)CC1. The number of hydrogen-bond acceptors (Lipinski definition) is 3. The van der Waals surface area contributed by atoms with Crippen LogP contribution in [-0.2, 0) is 16.8 Å². The number of carbonyl (C=O) groups excluding carboxylic acids is 1. The summed E-state index contributed by atoms with van der Waals surface area (Å²) >= 11 is 0. The van der Waals surface area contributed by atoms with Crippen LogP contribution in [0.15, 0.2) is 60.8 Å². The molecule has 1 fully saturated rings. The largest absolute Gasteiger partial charge is 0.368 e. The van der Waals surface area contributed by atoms with Gasteiger partial charge in [-0.3, -0.25) is 9.69 Å². The molecule has 0 aliphatic heterocycles. The number of carbonyl (C=O) groups is 1. The van der Waals surface area contributed by atoms with Crippen molar-refractivity contribution >= 4 is 16.8 Å². The monoisotopic (exact) mass is 404 g/mol. The molecule has 1 saturated carbocycles. The molecular weight excluding hydrogens is 372 g/mol. The summed E-state index contributed by atoms with van der Waals surface area (Å²) in [5, 5.41) is 4.74. The molecule has 1 atom stereocenters. The van der Waals surface area contributed by atoms with E-state index < -0.39 is 0 Å². The van der Waals surface area contributed by atoms with Gasteiger partial charge in [-0.05, 0) is 63.4 Å². The molecule has 0 unspecified atom stereocenters. The van der Waals surface area contributed by atoms with Crippen LogP contribution in [0.2, 0.25) is 0 Å². The molecule has 1 aliphatic carbocycles. The molecule has 158 valence electrons. The zero-order chi connectivity index (χ0) is 21.1. The fourth-order valence-electron chi connectivity index (χ4n) is 5.05. The number of nitrogens with two attached hydrogens (primary N) is 1. The standard InChI is InChI=1S/C25H32N4O/c1-29(2)25(19-8-4-3-5-9-19)14-12-20(13-15-25)28-23(24(26)30)16-18-17-27-22-11-7-6-10-21(18)22/h3-11,17,20,23,27-28H,12-16H2,1-2H3,(H2,26,30)/t20?,23-,25?/m0/s1. The average Bonchev–Trinajstić information content (AvgIpc) is 3.17. The second-order valence-corrected chi connectivity index (χ2v) is 8.75. The Kier molecular flexibility index (Phi) is 5.93. The van der Waals surface area contributed by atoms with Gasteiger partial charge in [-0.2, -0.15) is 0 Å². The highest BCUT2D eigenvalue weighted by Crippen LogP contribution is 2.41. The van der Waals surface area contributed by atoms with E-state index in [-0.39, 0.29) is 17.5 Å². The van der Waals surface area contributed by atoms with Gasteiger partial charge < -0.3 is 16.0 Å². The number of benzene rings is 2. The summed E-state index contributed by atoms with van der Waals surface area (Å²) in [5.41, 5.74) is 9.43. The molecule has 5 heteroatoms. The fraction of sp³-hybridized carbons (Fsp3) is 0.400. The summed E-state index contributed by atoms with van der Waals surface area (Å²) in [6.45, 7) is 0. The molecule has 2 aromatic carbocycles. The second kappa shape index (κ2) is 8.62. The average molecular weight is 405 g/mol. The number of aromatic amines is 1. The van der Waals surface area contributed by atoms with E-state index in [0.29, 0.717) is 12.5 Å². The summed E-state index contributed by atoms with van der Waals surface area (Å²) in [6.07, 6.45) is 6.75. The van der Waals surface area contributed by atoms with Crippen LogP contribution in [0.1, 0.15) is 36.8 Å². The van der Waals surface area contributed by atoms with Crippen molar-refractivity contribution in [3.8, 4) is 0 Å². The molecule has 0 saturated heterocycles. The maximum absolute atomic E-state index is 12.2. The minimum Gasteiger partial charge on any atom is -0.368 e. The molecule has 30 heavy (non-hydrogen) atoms. The first-order chi connectivity index (χ1) is 14.5. The molecule has 4 rings (SSSR count). The Bertz CT molecular complexity index is 987. The first-order valence-electron chi connectivity index (χ1n) is 10.8. The normalized spacial score (nSPS) is 23.0. The van der Waals surface area contributed by atoms with Crippen molar-refractivity contribution in [2.45, 2.75) is 49.7 Å². The van der Waals surface area contributed by atoms with Gasteiger partial charge in [0.05, 0.1) is 6.04 Å². The molecule has 1 aromatic heterocycles. The van der Waals surface area contributed by atoms with E-state index in [4.69, 9.17) is 5.73 Å². The number of para-hydroxylation sites is 1. The fourth-order valence-corrected chi connectivity index (χ4v) is 5.05. The predicted molar refractivity (Wildman–Crippen MR) is 122 cm³/mol. The lowest BCUT2D eigenvalue weighted by Gasteiger charge is -2.46. The Balaban J connectivity index is 1.45. The lowest BCUT2D eigenvalue weighted by atomic mass is 9.74. The second-order valence-electron chi connectivity index (χ2n) is 8.75. The van der Waals surface area contributed by atoms with Gasteiger partial charge in [0.15, 0.2) is 0 Å². The Morgan fingerprint density at radius 3 is 2.47 bits per heavy atom. The highest BCUT2D eigenvalue weighted by molar-refractivity contribution is 5.85. The minimum absolute atomic E-state index is 0.0541. The third kappa shape index (κ3) is 4.00. The number of rotatable bonds is 7. The molecule has 1 heterocycles. The summed E-state index contributed by atoms with van der Waals surface area (Å²) in [6, 6.07) is 18.9. The predicted octanol–water partition coefficient (Wildman–Crippen LogP) is 3.55. The molecule has 1 amide bonds. The van der Waals surface area contributed by atoms with E-state index in [9.17, 15) is 4.79 Å². The maximum atomic E-state index is 12.2. The first kappa shape index (κ1) is 20.6. The summed E-state index contributed by atoms with van der Waals surface area (Å²) in [7, 11) is 4.34. The Hall–Kier alpha value is -2.63. The third-order valence-electron chi connectivity index (χ3n) is 6.86. The van der Waals surface area contributed by atoms with Crippen LogP contribution < -0.4 is 11.1 Å². The molecule has 0 bridgehead atoms. The van der Waals surface area contributed by atoms with E-state index in [1.54, 1.807) is 0 Å². The smallest absolute Gasteiger partial charge is 0.234 e. The molecule has 1 aliphatic rings. The lowest BCUT2D eigenvalue weighted by Crippen LogP contribution is -2.52. The van der Waals surface area contributed by atoms with Gasteiger partial charge in [-0.15, -0.1) is 0 Å². The van der Waals surface area contributed by atoms with Crippen LogP contribution in [0.25, 0.3) is 10.9 Å². The highest BCUT2D eigenvalue weighted by Gasteiger charge is 2.39. The third-order valence-corrected chi connectivity index (χ3v) is 6.86. The number of amides is 1. The van der Waals surface area contributed by atoms with Gasteiger partial charge in [-0.1, -0.05) is 48.5 Å². The van der Waals surface area contributed by atoms with E-state index in [2.05, 4.69) is 71.8 Å². The number of fused-ring (bicyclic) bond motifs is 1. The molecule has 3 aromatic rings. The topological polar surface area (TPSA) is 74.2 Å². The highest BCUT2D eigenvalue weighted by atomic mass is 16.1. The van der Waals surface area contributed by atoms with Crippen LogP contribution in [0, 0.1) is 0 Å². The zero-order valence-corrected chi connectivity index (χ0v) is 17.9.